The smallest absolute Gasteiger partial charge is 0.171 e. The number of benzene rings is 2. The van der Waals surface area contributed by atoms with Crippen molar-refractivity contribution in [3.63, 3.8) is 0 Å². The third-order valence-corrected chi connectivity index (χ3v) is 4.19. The Hall–Kier alpha value is -2.04. The zero-order valence-corrected chi connectivity index (χ0v) is 13.0. The zero-order valence-electron chi connectivity index (χ0n) is 13.0. The summed E-state index contributed by atoms with van der Waals surface area (Å²) in [6.07, 6.45) is 0. The van der Waals surface area contributed by atoms with Crippen molar-refractivity contribution in [3.05, 3.63) is 71.5 Å². The third-order valence-electron chi connectivity index (χ3n) is 4.19. The molecule has 3 nitrogen and oxygen atoms in total. The van der Waals surface area contributed by atoms with Gasteiger partial charge in [0.15, 0.2) is 5.78 Å². The van der Waals surface area contributed by atoms with Gasteiger partial charge >= 0.3 is 0 Å². The van der Waals surface area contributed by atoms with Gasteiger partial charge in [-0.25, -0.2) is 4.39 Å². The topological polar surface area (TPSA) is 29.5 Å². The second kappa shape index (κ2) is 7.49. The van der Waals surface area contributed by atoms with Crippen LogP contribution in [0.4, 0.5) is 4.39 Å². The molecule has 0 aliphatic carbocycles. The predicted octanol–water partition coefficient (Wildman–Crippen LogP) is 3.12. The minimum absolute atomic E-state index is 0.0303. The van der Waals surface area contributed by atoms with Gasteiger partial charge in [-0.3, -0.25) is 9.69 Å². The first kappa shape index (κ1) is 15.8. The molecule has 120 valence electrons. The van der Waals surface area contributed by atoms with Crippen molar-refractivity contribution in [2.24, 2.45) is 0 Å². The molecule has 1 atom stereocenters. The second-order valence-electron chi connectivity index (χ2n) is 5.75. The van der Waals surface area contributed by atoms with Gasteiger partial charge in [-0.15, -0.1) is 0 Å². The lowest BCUT2D eigenvalue weighted by Crippen LogP contribution is -2.40. The monoisotopic (exact) mass is 313 g/mol. The molecule has 23 heavy (non-hydrogen) atoms. The minimum Gasteiger partial charge on any atom is -0.379 e. The lowest BCUT2D eigenvalue weighted by Gasteiger charge is -2.30. The van der Waals surface area contributed by atoms with Crippen molar-refractivity contribution in [3.8, 4) is 0 Å². The average molecular weight is 313 g/mol. The van der Waals surface area contributed by atoms with Crippen LogP contribution < -0.4 is 0 Å². The van der Waals surface area contributed by atoms with E-state index in [1.807, 2.05) is 30.3 Å². The normalized spacial score (nSPS) is 16.9. The fraction of sp³-hybridized carbons (Fsp3) is 0.316. The molecule has 1 aliphatic heterocycles. The number of ketones is 1. The van der Waals surface area contributed by atoms with E-state index in [-0.39, 0.29) is 17.5 Å². The van der Waals surface area contributed by atoms with E-state index in [1.165, 1.54) is 12.1 Å². The Kier molecular flexibility index (Phi) is 5.16. The summed E-state index contributed by atoms with van der Waals surface area (Å²) in [7, 11) is 0. The Labute approximate surface area is 135 Å². The number of ether oxygens (including phenoxy) is 1. The zero-order chi connectivity index (χ0) is 16.1. The fourth-order valence-corrected chi connectivity index (χ4v) is 2.88. The van der Waals surface area contributed by atoms with E-state index in [9.17, 15) is 9.18 Å². The van der Waals surface area contributed by atoms with Crippen molar-refractivity contribution in [1.82, 2.24) is 4.90 Å². The van der Waals surface area contributed by atoms with Gasteiger partial charge in [0.1, 0.15) is 5.82 Å². The van der Waals surface area contributed by atoms with Gasteiger partial charge in [-0.2, -0.15) is 0 Å². The molecule has 0 aromatic heterocycles. The number of hydrogen-bond donors (Lipinski definition) is 0. The molecule has 0 saturated carbocycles. The maximum atomic E-state index is 13.1. The molecular formula is C19H20FNO2. The highest BCUT2D eigenvalue weighted by molar-refractivity contribution is 6.01. The van der Waals surface area contributed by atoms with Gasteiger partial charge in [0.05, 0.1) is 19.1 Å². The molecule has 0 radical (unpaired) electrons. The number of rotatable bonds is 5. The van der Waals surface area contributed by atoms with Crippen LogP contribution in [0, 0.1) is 5.82 Å². The maximum absolute atomic E-state index is 13.1. The molecule has 0 spiro atoms. The highest BCUT2D eigenvalue weighted by Crippen LogP contribution is 2.23. The SMILES string of the molecule is O=C(c1ccc(F)cc1)[C@H](CN1CCOCC1)c1ccccc1. The number of carbonyl (C=O) groups is 1. The Morgan fingerprint density at radius 3 is 2.35 bits per heavy atom. The summed E-state index contributed by atoms with van der Waals surface area (Å²) in [5.74, 6) is -0.548. The number of nitrogens with zero attached hydrogens (tertiary/aromatic N) is 1. The van der Waals surface area contributed by atoms with Crippen LogP contribution in [0.5, 0.6) is 0 Å². The van der Waals surface area contributed by atoms with Crippen LogP contribution in [0.1, 0.15) is 21.8 Å². The van der Waals surface area contributed by atoms with Crippen molar-refractivity contribution >= 4 is 5.78 Å². The summed E-state index contributed by atoms with van der Waals surface area (Å²) in [6.45, 7) is 3.72. The lowest BCUT2D eigenvalue weighted by atomic mass is 9.90. The fourth-order valence-electron chi connectivity index (χ4n) is 2.88. The van der Waals surface area contributed by atoms with Crippen molar-refractivity contribution in [2.45, 2.75) is 5.92 Å². The molecule has 2 aromatic rings. The molecule has 1 aliphatic rings. The lowest BCUT2D eigenvalue weighted by molar-refractivity contribution is 0.0345. The summed E-state index contributed by atoms with van der Waals surface area (Å²) in [4.78, 5) is 15.2. The van der Waals surface area contributed by atoms with Crippen molar-refractivity contribution in [2.75, 3.05) is 32.8 Å². The molecule has 0 N–H and O–H groups in total. The first-order chi connectivity index (χ1) is 11.2. The summed E-state index contributed by atoms with van der Waals surface area (Å²) < 4.78 is 18.5. The van der Waals surface area contributed by atoms with Gasteiger partial charge in [-0.05, 0) is 29.8 Å². The van der Waals surface area contributed by atoms with E-state index in [1.54, 1.807) is 12.1 Å². The summed E-state index contributed by atoms with van der Waals surface area (Å²) in [5, 5.41) is 0. The highest BCUT2D eigenvalue weighted by Gasteiger charge is 2.25. The Balaban J connectivity index is 1.84. The Morgan fingerprint density at radius 1 is 1.04 bits per heavy atom. The minimum atomic E-state index is -0.328. The van der Waals surface area contributed by atoms with Crippen LogP contribution in [0.25, 0.3) is 0 Å². The number of carbonyl (C=O) groups excluding carboxylic acids is 1. The number of halogens is 1. The van der Waals surface area contributed by atoms with Crippen molar-refractivity contribution in [1.29, 1.82) is 0 Å². The molecule has 1 heterocycles. The van der Waals surface area contributed by atoms with E-state index < -0.39 is 0 Å². The van der Waals surface area contributed by atoms with Crippen molar-refractivity contribution < 1.29 is 13.9 Å². The largest absolute Gasteiger partial charge is 0.379 e. The van der Waals surface area contributed by atoms with E-state index in [0.717, 1.165) is 18.7 Å². The number of hydrogen-bond acceptors (Lipinski definition) is 3. The molecule has 0 unspecified atom stereocenters. The molecule has 1 fully saturated rings. The molecule has 1 saturated heterocycles. The van der Waals surface area contributed by atoms with Gasteiger partial charge in [0, 0.05) is 25.2 Å². The van der Waals surface area contributed by atoms with Gasteiger partial charge in [0.2, 0.25) is 0 Å². The van der Waals surface area contributed by atoms with Crippen LogP contribution in [0.15, 0.2) is 54.6 Å². The quantitative estimate of drug-likeness (QED) is 0.794. The third kappa shape index (κ3) is 4.03. The summed E-state index contributed by atoms with van der Waals surface area (Å²) in [5.41, 5.74) is 1.54. The number of Topliss-reactive ketones (excluding diaryl/α,β-unsaturated/α-hetero) is 1. The van der Waals surface area contributed by atoms with E-state index >= 15 is 0 Å². The summed E-state index contributed by atoms with van der Waals surface area (Å²) >= 11 is 0. The molecule has 0 amide bonds. The highest BCUT2D eigenvalue weighted by atomic mass is 19.1. The van der Waals surface area contributed by atoms with Gasteiger partial charge < -0.3 is 4.74 Å². The average Bonchev–Trinajstić information content (AvgIpc) is 2.61. The summed E-state index contributed by atoms with van der Waals surface area (Å²) in [6, 6.07) is 15.6. The van der Waals surface area contributed by atoms with E-state index in [0.29, 0.717) is 25.3 Å². The molecule has 0 bridgehead atoms. The van der Waals surface area contributed by atoms with Crippen LogP contribution in [-0.4, -0.2) is 43.5 Å². The van der Waals surface area contributed by atoms with E-state index in [2.05, 4.69) is 4.90 Å². The molecular weight excluding hydrogens is 293 g/mol. The Bertz CT molecular complexity index is 636. The molecule has 4 heteroatoms. The maximum Gasteiger partial charge on any atom is 0.171 e. The molecule has 3 rings (SSSR count). The van der Waals surface area contributed by atoms with E-state index in [4.69, 9.17) is 4.74 Å². The van der Waals surface area contributed by atoms with Gasteiger partial charge in [-0.1, -0.05) is 30.3 Å². The first-order valence-electron chi connectivity index (χ1n) is 7.89. The van der Waals surface area contributed by atoms with Crippen LogP contribution in [0.3, 0.4) is 0 Å². The number of morpholine rings is 1. The predicted molar refractivity (Wildman–Crippen MR) is 87.2 cm³/mol. The van der Waals surface area contributed by atoms with Crippen LogP contribution in [0.2, 0.25) is 0 Å². The van der Waals surface area contributed by atoms with Crippen LogP contribution >= 0.6 is 0 Å². The first-order valence-corrected chi connectivity index (χ1v) is 7.89. The standard InChI is InChI=1S/C19H20FNO2/c20-17-8-6-16(7-9-17)19(22)18(15-4-2-1-3-5-15)14-21-10-12-23-13-11-21/h1-9,18H,10-14H2/t18-/m1/s1. The molecule has 2 aromatic carbocycles. The van der Waals surface area contributed by atoms with Crippen LogP contribution in [-0.2, 0) is 4.74 Å². The second-order valence-corrected chi connectivity index (χ2v) is 5.75. The Morgan fingerprint density at radius 2 is 1.70 bits per heavy atom. The van der Waals surface area contributed by atoms with Gasteiger partial charge in [0.25, 0.3) is 0 Å².